The predicted octanol–water partition coefficient (Wildman–Crippen LogP) is 3.13. The minimum Gasteiger partial charge on any atom is -0.373 e. The highest BCUT2D eigenvalue weighted by atomic mass is 16.5. The van der Waals surface area contributed by atoms with Crippen LogP contribution in [0.3, 0.4) is 0 Å². The summed E-state index contributed by atoms with van der Waals surface area (Å²) < 4.78 is 5.44. The molecule has 2 nitrogen and oxygen atoms in total. The van der Waals surface area contributed by atoms with Crippen LogP contribution in [0, 0.1) is 20.8 Å². The first kappa shape index (κ1) is 12.7. The molecule has 0 aromatic heterocycles. The molecule has 86 valence electrons. The lowest BCUT2D eigenvalue weighted by atomic mass is 9.94. The Balaban J connectivity index is 3.07. The van der Waals surface area contributed by atoms with E-state index in [4.69, 9.17) is 4.74 Å². The van der Waals surface area contributed by atoms with E-state index in [0.717, 1.165) is 28.5 Å². The van der Waals surface area contributed by atoms with E-state index in [9.17, 15) is 4.79 Å². The molecule has 0 saturated carbocycles. The Kier molecular flexibility index (Phi) is 4.44. The topological polar surface area (TPSA) is 26.3 Å². The Morgan fingerprint density at radius 2 is 2.00 bits per heavy atom. The molecule has 0 amide bonds. The van der Waals surface area contributed by atoms with Crippen LogP contribution in [0.25, 0.3) is 0 Å². The molecule has 0 radical (unpaired) electrons. The Bertz CT molecular complexity index is 406. The molecule has 0 aliphatic heterocycles. The number of carbonyl (C=O) groups excluding carboxylic acids is 1. The first-order valence-electron chi connectivity index (χ1n) is 5.35. The number of aryl methyl sites for hydroxylation is 2. The second kappa shape index (κ2) is 5.61. The summed E-state index contributed by atoms with van der Waals surface area (Å²) in [5.74, 6) is 0. The number of aldehydes is 1. The van der Waals surface area contributed by atoms with Crippen molar-refractivity contribution in [3.63, 3.8) is 0 Å². The number of carbonyl (C=O) groups is 1. The largest absolute Gasteiger partial charge is 0.373 e. The SMILES string of the molecule is C=CCOCc1c(C)cc(C)c(C=O)c1C. The summed E-state index contributed by atoms with van der Waals surface area (Å²) >= 11 is 0. The van der Waals surface area contributed by atoms with E-state index in [0.29, 0.717) is 13.2 Å². The van der Waals surface area contributed by atoms with Gasteiger partial charge >= 0.3 is 0 Å². The van der Waals surface area contributed by atoms with Crippen LogP contribution in [0.15, 0.2) is 18.7 Å². The number of ether oxygens (including phenoxy) is 1. The second-order valence-corrected chi connectivity index (χ2v) is 3.95. The molecule has 0 aliphatic rings. The number of benzene rings is 1. The average Bonchev–Trinajstić information content (AvgIpc) is 2.23. The van der Waals surface area contributed by atoms with Crippen molar-refractivity contribution in [2.24, 2.45) is 0 Å². The van der Waals surface area contributed by atoms with Crippen molar-refractivity contribution in [2.75, 3.05) is 6.61 Å². The van der Waals surface area contributed by atoms with Crippen LogP contribution in [0.2, 0.25) is 0 Å². The van der Waals surface area contributed by atoms with Gasteiger partial charge in [-0.15, -0.1) is 6.58 Å². The molecule has 0 spiro atoms. The minimum absolute atomic E-state index is 0.531. The zero-order valence-electron chi connectivity index (χ0n) is 10.2. The van der Waals surface area contributed by atoms with Gasteiger partial charge < -0.3 is 4.74 Å². The second-order valence-electron chi connectivity index (χ2n) is 3.95. The minimum atomic E-state index is 0.531. The lowest BCUT2D eigenvalue weighted by molar-refractivity contribution is 0.112. The maximum absolute atomic E-state index is 11.0. The predicted molar refractivity (Wildman–Crippen MR) is 65.9 cm³/mol. The molecule has 0 atom stereocenters. The molecule has 0 bridgehead atoms. The van der Waals surface area contributed by atoms with Gasteiger partial charge in [-0.05, 0) is 43.0 Å². The molecular formula is C14H18O2. The molecule has 0 aliphatic carbocycles. The van der Waals surface area contributed by atoms with Crippen molar-refractivity contribution >= 4 is 6.29 Å². The van der Waals surface area contributed by atoms with Gasteiger partial charge in [0.05, 0.1) is 13.2 Å². The summed E-state index contributed by atoms with van der Waals surface area (Å²) in [5.41, 5.74) is 5.11. The van der Waals surface area contributed by atoms with E-state index >= 15 is 0 Å². The Morgan fingerprint density at radius 3 is 2.56 bits per heavy atom. The van der Waals surface area contributed by atoms with E-state index in [1.165, 1.54) is 5.56 Å². The van der Waals surface area contributed by atoms with Crippen LogP contribution in [-0.2, 0) is 11.3 Å². The normalized spacial score (nSPS) is 10.2. The van der Waals surface area contributed by atoms with E-state index in [1.807, 2.05) is 26.8 Å². The fraction of sp³-hybridized carbons (Fsp3) is 0.357. The summed E-state index contributed by atoms with van der Waals surface area (Å²) in [5, 5.41) is 0. The third-order valence-corrected chi connectivity index (χ3v) is 2.79. The molecular weight excluding hydrogens is 200 g/mol. The monoisotopic (exact) mass is 218 g/mol. The van der Waals surface area contributed by atoms with Crippen LogP contribution in [0.4, 0.5) is 0 Å². The molecule has 0 heterocycles. The van der Waals surface area contributed by atoms with Crippen molar-refractivity contribution < 1.29 is 9.53 Å². The lowest BCUT2D eigenvalue weighted by Crippen LogP contribution is -2.03. The average molecular weight is 218 g/mol. The molecule has 2 heteroatoms. The van der Waals surface area contributed by atoms with Gasteiger partial charge in [-0.2, -0.15) is 0 Å². The zero-order chi connectivity index (χ0) is 12.1. The molecule has 0 saturated heterocycles. The van der Waals surface area contributed by atoms with Crippen molar-refractivity contribution in [1.29, 1.82) is 0 Å². The summed E-state index contributed by atoms with van der Waals surface area (Å²) in [4.78, 5) is 11.0. The Morgan fingerprint density at radius 1 is 1.31 bits per heavy atom. The van der Waals surface area contributed by atoms with Crippen molar-refractivity contribution in [3.05, 3.63) is 46.5 Å². The van der Waals surface area contributed by atoms with Gasteiger partial charge in [0.25, 0.3) is 0 Å². The van der Waals surface area contributed by atoms with Crippen molar-refractivity contribution in [1.82, 2.24) is 0 Å². The van der Waals surface area contributed by atoms with Gasteiger partial charge in [0.1, 0.15) is 0 Å². The van der Waals surface area contributed by atoms with E-state index in [-0.39, 0.29) is 0 Å². The summed E-state index contributed by atoms with van der Waals surface area (Å²) in [6, 6.07) is 2.03. The van der Waals surface area contributed by atoms with Gasteiger partial charge in [0, 0.05) is 5.56 Å². The summed E-state index contributed by atoms with van der Waals surface area (Å²) in [7, 11) is 0. The molecule has 1 aromatic rings. The van der Waals surface area contributed by atoms with Gasteiger partial charge in [-0.1, -0.05) is 12.1 Å². The standard InChI is InChI=1S/C14H18O2/c1-5-6-16-9-14-11(3)7-10(2)13(8-15)12(14)4/h5,7-8H,1,6,9H2,2-4H3. The zero-order valence-corrected chi connectivity index (χ0v) is 10.2. The number of rotatable bonds is 5. The van der Waals surface area contributed by atoms with Crippen molar-refractivity contribution in [2.45, 2.75) is 27.4 Å². The van der Waals surface area contributed by atoms with E-state index in [1.54, 1.807) is 6.08 Å². The molecule has 0 N–H and O–H groups in total. The molecule has 0 fully saturated rings. The molecule has 1 rings (SSSR count). The fourth-order valence-corrected chi connectivity index (χ4v) is 1.89. The Hall–Kier alpha value is -1.41. The van der Waals surface area contributed by atoms with Gasteiger partial charge in [0.15, 0.2) is 6.29 Å². The smallest absolute Gasteiger partial charge is 0.150 e. The highest BCUT2D eigenvalue weighted by molar-refractivity contribution is 5.80. The van der Waals surface area contributed by atoms with E-state index < -0.39 is 0 Å². The van der Waals surface area contributed by atoms with Gasteiger partial charge in [0.2, 0.25) is 0 Å². The lowest BCUT2D eigenvalue weighted by Gasteiger charge is -2.14. The molecule has 0 unspecified atom stereocenters. The van der Waals surface area contributed by atoms with Gasteiger partial charge in [-0.3, -0.25) is 4.79 Å². The summed E-state index contributed by atoms with van der Waals surface area (Å²) in [6.07, 6.45) is 2.64. The molecule has 1 aromatic carbocycles. The van der Waals surface area contributed by atoms with Crippen LogP contribution in [0.5, 0.6) is 0 Å². The first-order chi connectivity index (χ1) is 7.61. The number of hydrogen-bond donors (Lipinski definition) is 0. The summed E-state index contributed by atoms with van der Waals surface area (Å²) in [6.45, 7) is 10.6. The fourth-order valence-electron chi connectivity index (χ4n) is 1.89. The number of hydrogen-bond acceptors (Lipinski definition) is 2. The third-order valence-electron chi connectivity index (χ3n) is 2.79. The first-order valence-corrected chi connectivity index (χ1v) is 5.35. The highest BCUT2D eigenvalue weighted by Gasteiger charge is 2.10. The van der Waals surface area contributed by atoms with Crippen LogP contribution >= 0.6 is 0 Å². The quantitative estimate of drug-likeness (QED) is 0.431. The van der Waals surface area contributed by atoms with Crippen LogP contribution in [0.1, 0.15) is 32.6 Å². The van der Waals surface area contributed by atoms with Gasteiger partial charge in [-0.25, -0.2) is 0 Å². The maximum atomic E-state index is 11.0. The third kappa shape index (κ3) is 2.58. The Labute approximate surface area is 96.9 Å². The maximum Gasteiger partial charge on any atom is 0.150 e. The highest BCUT2D eigenvalue weighted by Crippen LogP contribution is 2.21. The van der Waals surface area contributed by atoms with Crippen molar-refractivity contribution in [3.8, 4) is 0 Å². The molecule has 16 heavy (non-hydrogen) atoms. The van der Waals surface area contributed by atoms with E-state index in [2.05, 4.69) is 6.58 Å². The van der Waals surface area contributed by atoms with Crippen LogP contribution in [-0.4, -0.2) is 12.9 Å². The van der Waals surface area contributed by atoms with Crippen LogP contribution < -0.4 is 0 Å².